The molecule has 17 nitrogen and oxygen atoms in total. The summed E-state index contributed by atoms with van der Waals surface area (Å²) < 4.78 is 79.3. The van der Waals surface area contributed by atoms with Crippen LogP contribution in [0, 0.1) is 5.95 Å². The van der Waals surface area contributed by atoms with Crippen molar-refractivity contribution in [3.8, 4) is 0 Å². The van der Waals surface area contributed by atoms with Crippen LogP contribution >= 0.6 is 23.5 Å². The standard InChI is InChI=1S/C10H17F2N4O13P3/c1-3(27-31(22,23)29-32(24,25)28-30(19,20)21)4-5(17)10(2,12)8(26-4)16-9(18)14-7(13)6(11)15-16/h3-5,8,17H,1-2H3,(H,22,23)(H,24,25)(H2,13,14,18)(H2,19,20,21)/t3?,4-,5?,8-,10-/m1/s1. The van der Waals surface area contributed by atoms with Crippen molar-refractivity contribution in [3.05, 3.63) is 16.4 Å². The Morgan fingerprint density at radius 3 is 2.31 bits per heavy atom. The molecule has 32 heavy (non-hydrogen) atoms. The molecule has 0 amide bonds. The predicted octanol–water partition coefficient (Wildman–Crippen LogP) is -0.922. The molecule has 1 aromatic rings. The average Bonchev–Trinajstić information content (AvgIpc) is 2.77. The Bertz CT molecular complexity index is 1080. The van der Waals surface area contributed by atoms with E-state index in [0.717, 1.165) is 6.92 Å². The van der Waals surface area contributed by atoms with E-state index in [2.05, 4.69) is 23.2 Å². The lowest BCUT2D eigenvalue weighted by molar-refractivity contribution is -0.0867. The molecule has 184 valence electrons. The van der Waals surface area contributed by atoms with Gasteiger partial charge in [0, 0.05) is 0 Å². The van der Waals surface area contributed by atoms with Crippen LogP contribution in [-0.2, 0) is 31.6 Å². The summed E-state index contributed by atoms with van der Waals surface area (Å²) in [6.07, 6.45) is -8.10. The van der Waals surface area contributed by atoms with Gasteiger partial charge in [0.1, 0.15) is 12.2 Å². The van der Waals surface area contributed by atoms with Gasteiger partial charge in [-0.15, -0.1) is 5.10 Å². The highest BCUT2D eigenvalue weighted by Gasteiger charge is 2.58. The van der Waals surface area contributed by atoms with Crippen molar-refractivity contribution in [1.82, 2.24) is 14.8 Å². The molecule has 7 atom stereocenters. The molecule has 1 aliphatic heterocycles. The van der Waals surface area contributed by atoms with Gasteiger partial charge in [0.05, 0.1) is 6.10 Å². The van der Waals surface area contributed by atoms with E-state index in [-0.39, 0.29) is 4.68 Å². The van der Waals surface area contributed by atoms with Gasteiger partial charge in [0.15, 0.2) is 17.7 Å². The first-order valence-corrected chi connectivity index (χ1v) is 12.5. The van der Waals surface area contributed by atoms with E-state index in [4.69, 9.17) is 25.2 Å². The first-order chi connectivity index (χ1) is 14.3. The van der Waals surface area contributed by atoms with Crippen LogP contribution in [0.15, 0.2) is 4.79 Å². The molecule has 0 bridgehead atoms. The third-order valence-electron chi connectivity index (χ3n) is 3.88. The van der Waals surface area contributed by atoms with Crippen LogP contribution in [0.1, 0.15) is 20.1 Å². The maximum absolute atomic E-state index is 15.1. The van der Waals surface area contributed by atoms with Gasteiger partial charge in [0.25, 0.3) is 5.95 Å². The van der Waals surface area contributed by atoms with E-state index < -0.39 is 71.1 Å². The maximum atomic E-state index is 15.1. The van der Waals surface area contributed by atoms with Crippen LogP contribution in [0.2, 0.25) is 0 Å². The molecule has 0 saturated carbocycles. The molecule has 1 fully saturated rings. The van der Waals surface area contributed by atoms with Crippen LogP contribution < -0.4 is 11.4 Å². The van der Waals surface area contributed by atoms with E-state index in [9.17, 15) is 32.9 Å². The Morgan fingerprint density at radius 2 is 1.78 bits per heavy atom. The second-order valence-corrected chi connectivity index (χ2v) is 10.8. The van der Waals surface area contributed by atoms with Gasteiger partial charge < -0.3 is 35.2 Å². The number of anilines is 1. The smallest absolute Gasteiger partial charge is 0.387 e. The molecule has 0 radical (unpaired) electrons. The molecule has 1 aromatic heterocycles. The molecule has 0 aromatic carbocycles. The minimum Gasteiger partial charge on any atom is -0.387 e. The number of phosphoric ester groups is 1. The fourth-order valence-electron chi connectivity index (χ4n) is 2.60. The topological polar surface area (TPSA) is 263 Å². The Balaban J connectivity index is 2.24. The fourth-order valence-corrected chi connectivity index (χ4v) is 5.80. The summed E-state index contributed by atoms with van der Waals surface area (Å²) in [6.45, 7) is 1.60. The highest BCUT2D eigenvalue weighted by molar-refractivity contribution is 7.66. The van der Waals surface area contributed by atoms with Gasteiger partial charge in [-0.1, -0.05) is 0 Å². The first-order valence-electron chi connectivity index (χ1n) is 8.02. The minimum absolute atomic E-state index is 0.0759. The van der Waals surface area contributed by atoms with Crippen LogP contribution in [0.25, 0.3) is 0 Å². The lowest BCUT2D eigenvalue weighted by atomic mass is 9.96. The summed E-state index contributed by atoms with van der Waals surface area (Å²) in [5.41, 5.74) is 0.817. The normalized spacial score (nSPS) is 31.1. The van der Waals surface area contributed by atoms with Gasteiger partial charge >= 0.3 is 29.2 Å². The van der Waals surface area contributed by atoms with Crippen LogP contribution in [-0.4, -0.2) is 63.4 Å². The second kappa shape index (κ2) is 8.87. The zero-order chi connectivity index (χ0) is 24.9. The van der Waals surface area contributed by atoms with Crippen LogP contribution in [0.4, 0.5) is 14.6 Å². The number of nitrogens with two attached hydrogens (primary N) is 1. The van der Waals surface area contributed by atoms with Crippen molar-refractivity contribution in [3.63, 3.8) is 0 Å². The van der Waals surface area contributed by atoms with E-state index in [1.165, 1.54) is 0 Å². The number of aromatic nitrogens is 3. The number of nitrogen functional groups attached to an aromatic ring is 1. The Kier molecular flexibility index (Phi) is 7.49. The molecule has 4 unspecified atom stereocenters. The van der Waals surface area contributed by atoms with Gasteiger partial charge in [-0.25, -0.2) is 22.9 Å². The zero-order valence-corrected chi connectivity index (χ0v) is 18.5. The third-order valence-corrected chi connectivity index (χ3v) is 7.80. The van der Waals surface area contributed by atoms with Crippen molar-refractivity contribution < 1.29 is 65.0 Å². The Labute approximate surface area is 176 Å². The van der Waals surface area contributed by atoms with Gasteiger partial charge in [0.2, 0.25) is 0 Å². The van der Waals surface area contributed by atoms with E-state index in [1.807, 2.05) is 0 Å². The minimum atomic E-state index is -5.84. The van der Waals surface area contributed by atoms with Crippen molar-refractivity contribution in [2.75, 3.05) is 5.73 Å². The molecule has 0 spiro atoms. The maximum Gasteiger partial charge on any atom is 0.490 e. The number of rotatable bonds is 8. The van der Waals surface area contributed by atoms with Gasteiger partial charge in [-0.2, -0.15) is 22.7 Å². The number of hydrogen-bond acceptors (Lipinski definition) is 12. The highest BCUT2D eigenvalue weighted by atomic mass is 31.3. The quantitative estimate of drug-likeness (QED) is 0.221. The first kappa shape index (κ1) is 27.0. The van der Waals surface area contributed by atoms with Gasteiger partial charge in [-0.05, 0) is 13.8 Å². The van der Waals surface area contributed by atoms with Crippen molar-refractivity contribution in [2.45, 2.75) is 44.1 Å². The molecule has 2 heterocycles. The summed E-state index contributed by atoms with van der Waals surface area (Å²) in [4.78, 5) is 50.6. The van der Waals surface area contributed by atoms with Crippen molar-refractivity contribution in [2.24, 2.45) is 0 Å². The summed E-state index contributed by atoms with van der Waals surface area (Å²) >= 11 is 0. The van der Waals surface area contributed by atoms with Crippen molar-refractivity contribution >= 4 is 29.3 Å². The summed E-state index contributed by atoms with van der Waals surface area (Å²) in [5.74, 6) is -2.37. The van der Waals surface area contributed by atoms with E-state index in [0.29, 0.717) is 6.92 Å². The monoisotopic (exact) mass is 532 g/mol. The molecule has 22 heteroatoms. The number of aliphatic hydroxyl groups excluding tert-OH is 1. The Hall–Kier alpha value is -1.20. The predicted molar refractivity (Wildman–Crippen MR) is 94.5 cm³/mol. The summed E-state index contributed by atoms with van der Waals surface area (Å²) in [7, 11) is -17.1. The third kappa shape index (κ3) is 6.22. The number of nitrogens with zero attached hydrogens (tertiary/aromatic N) is 3. The number of phosphoric acid groups is 3. The van der Waals surface area contributed by atoms with E-state index >= 15 is 4.39 Å². The largest absolute Gasteiger partial charge is 0.490 e. The van der Waals surface area contributed by atoms with Gasteiger partial charge in [-0.3, -0.25) is 4.52 Å². The molecule has 1 aliphatic rings. The van der Waals surface area contributed by atoms with Crippen LogP contribution in [0.5, 0.6) is 0 Å². The molecule has 1 saturated heterocycles. The number of alkyl halides is 1. The SMILES string of the molecule is CC(OP(=O)(O)OP(=O)(O)OP(=O)(O)O)[C@H]1O[C@@H](n2nc(F)c(N)nc2=O)[C@](C)(F)C1O. The highest BCUT2D eigenvalue weighted by Crippen LogP contribution is 2.66. The molecular weight excluding hydrogens is 515 g/mol. The van der Waals surface area contributed by atoms with Crippen LogP contribution in [0.3, 0.4) is 0 Å². The lowest BCUT2D eigenvalue weighted by Gasteiger charge is -2.25. The Morgan fingerprint density at radius 1 is 1.22 bits per heavy atom. The summed E-state index contributed by atoms with van der Waals surface area (Å²) in [6, 6.07) is 0. The second-order valence-electron chi connectivity index (χ2n) is 6.47. The number of aliphatic hydroxyl groups is 1. The number of ether oxygens (including phenoxy) is 1. The van der Waals surface area contributed by atoms with Crippen molar-refractivity contribution in [1.29, 1.82) is 0 Å². The fraction of sp³-hybridized carbons (Fsp3) is 0.700. The lowest BCUT2D eigenvalue weighted by Crippen LogP contribution is -2.45. The molecule has 2 rings (SSSR count). The molecule has 7 N–H and O–H groups in total. The molecule has 0 aliphatic carbocycles. The zero-order valence-electron chi connectivity index (χ0n) is 15.8. The summed E-state index contributed by atoms with van der Waals surface area (Å²) in [5, 5.41) is 13.3. The number of halogens is 2. The molecular formula is C10H17F2N4O13P3. The average molecular weight is 532 g/mol. The van der Waals surface area contributed by atoms with E-state index in [1.54, 1.807) is 0 Å². The number of hydrogen-bond donors (Lipinski definition) is 6.